The SMILES string of the molecule is CSc1ncccc1C(=O)N(CCO)C1CC1. The van der Waals surface area contributed by atoms with E-state index >= 15 is 0 Å². The summed E-state index contributed by atoms with van der Waals surface area (Å²) in [6.07, 6.45) is 5.68. The second kappa shape index (κ2) is 5.51. The van der Waals surface area contributed by atoms with E-state index in [1.807, 2.05) is 6.26 Å². The Bertz CT molecular complexity index is 407. The van der Waals surface area contributed by atoms with Crippen LogP contribution in [0.25, 0.3) is 0 Å². The molecule has 0 saturated heterocycles. The maximum absolute atomic E-state index is 12.4. The lowest BCUT2D eigenvalue weighted by molar-refractivity contribution is 0.0703. The minimum absolute atomic E-state index is 0.0110. The van der Waals surface area contributed by atoms with Gasteiger partial charge in [0, 0.05) is 18.8 Å². The standard InChI is InChI=1S/C12H16N2O2S/c1-17-11-10(3-2-6-13-11)12(16)14(7-8-15)9-4-5-9/h2-3,6,9,15H,4-5,7-8H2,1H3. The van der Waals surface area contributed by atoms with Gasteiger partial charge in [-0.25, -0.2) is 4.98 Å². The van der Waals surface area contributed by atoms with Crippen LogP contribution >= 0.6 is 11.8 Å². The third-order valence-corrected chi connectivity index (χ3v) is 3.50. The Balaban J connectivity index is 2.21. The molecule has 1 N–H and O–H groups in total. The van der Waals surface area contributed by atoms with Gasteiger partial charge in [-0.05, 0) is 31.2 Å². The maximum Gasteiger partial charge on any atom is 0.256 e. The van der Waals surface area contributed by atoms with Crippen LogP contribution in [-0.2, 0) is 0 Å². The van der Waals surface area contributed by atoms with Crippen molar-refractivity contribution in [3.05, 3.63) is 23.9 Å². The molecule has 1 aromatic rings. The van der Waals surface area contributed by atoms with E-state index in [1.54, 1.807) is 23.2 Å². The lowest BCUT2D eigenvalue weighted by atomic mass is 10.2. The summed E-state index contributed by atoms with van der Waals surface area (Å²) in [6.45, 7) is 0.420. The first-order chi connectivity index (χ1) is 8.27. The molecule has 1 saturated carbocycles. The zero-order valence-electron chi connectivity index (χ0n) is 9.80. The molecule has 1 heterocycles. The largest absolute Gasteiger partial charge is 0.395 e. The number of amides is 1. The summed E-state index contributed by atoms with van der Waals surface area (Å²) in [6, 6.07) is 3.88. The lowest BCUT2D eigenvalue weighted by Crippen LogP contribution is -2.35. The number of aromatic nitrogens is 1. The first kappa shape index (κ1) is 12.4. The van der Waals surface area contributed by atoms with E-state index in [4.69, 9.17) is 5.11 Å². The first-order valence-electron chi connectivity index (χ1n) is 5.68. The van der Waals surface area contributed by atoms with E-state index in [1.165, 1.54) is 11.8 Å². The minimum atomic E-state index is -0.0148. The normalized spacial score (nSPS) is 14.7. The molecule has 1 fully saturated rings. The van der Waals surface area contributed by atoms with Gasteiger partial charge in [-0.1, -0.05) is 0 Å². The van der Waals surface area contributed by atoms with Crippen molar-refractivity contribution in [3.8, 4) is 0 Å². The predicted octanol–water partition coefficient (Wildman–Crippen LogP) is 1.40. The lowest BCUT2D eigenvalue weighted by Gasteiger charge is -2.22. The molecular formula is C12H16N2O2S. The molecular weight excluding hydrogens is 236 g/mol. The highest BCUT2D eigenvalue weighted by Crippen LogP contribution is 2.29. The molecule has 0 atom stereocenters. The molecule has 0 unspecified atom stereocenters. The van der Waals surface area contributed by atoms with Crippen LogP contribution in [0.5, 0.6) is 0 Å². The Morgan fingerprint density at radius 1 is 1.65 bits per heavy atom. The van der Waals surface area contributed by atoms with Gasteiger partial charge in [0.15, 0.2) is 0 Å². The molecule has 1 aliphatic rings. The highest BCUT2D eigenvalue weighted by molar-refractivity contribution is 7.98. The Hall–Kier alpha value is -1.07. The fraction of sp³-hybridized carbons (Fsp3) is 0.500. The molecule has 92 valence electrons. The van der Waals surface area contributed by atoms with Gasteiger partial charge < -0.3 is 10.0 Å². The maximum atomic E-state index is 12.4. The molecule has 2 rings (SSSR count). The smallest absolute Gasteiger partial charge is 0.256 e. The van der Waals surface area contributed by atoms with Gasteiger partial charge in [-0.3, -0.25) is 4.79 Å². The van der Waals surface area contributed by atoms with Crippen molar-refractivity contribution in [2.45, 2.75) is 23.9 Å². The number of aliphatic hydroxyl groups is 1. The highest BCUT2D eigenvalue weighted by Gasteiger charge is 2.33. The summed E-state index contributed by atoms with van der Waals surface area (Å²) in [5.74, 6) is -0.0148. The summed E-state index contributed by atoms with van der Waals surface area (Å²) < 4.78 is 0. The van der Waals surface area contributed by atoms with Crippen molar-refractivity contribution < 1.29 is 9.90 Å². The number of carbonyl (C=O) groups is 1. The zero-order valence-corrected chi connectivity index (χ0v) is 10.6. The van der Waals surface area contributed by atoms with Crippen LogP contribution in [0.15, 0.2) is 23.4 Å². The van der Waals surface area contributed by atoms with Gasteiger partial charge in [0.05, 0.1) is 12.2 Å². The van der Waals surface area contributed by atoms with Crippen LogP contribution in [0.2, 0.25) is 0 Å². The van der Waals surface area contributed by atoms with E-state index in [0.717, 1.165) is 17.9 Å². The van der Waals surface area contributed by atoms with Crippen molar-refractivity contribution in [1.29, 1.82) is 0 Å². The fourth-order valence-electron chi connectivity index (χ4n) is 1.81. The van der Waals surface area contributed by atoms with Crippen molar-refractivity contribution in [2.75, 3.05) is 19.4 Å². The van der Waals surface area contributed by atoms with E-state index < -0.39 is 0 Å². The van der Waals surface area contributed by atoms with Gasteiger partial charge in [0.2, 0.25) is 0 Å². The molecule has 17 heavy (non-hydrogen) atoms. The molecule has 0 spiro atoms. The van der Waals surface area contributed by atoms with Gasteiger partial charge >= 0.3 is 0 Å². The molecule has 1 aliphatic carbocycles. The van der Waals surface area contributed by atoms with Crippen LogP contribution in [0.4, 0.5) is 0 Å². The third-order valence-electron chi connectivity index (χ3n) is 2.78. The Labute approximate surface area is 105 Å². The summed E-state index contributed by atoms with van der Waals surface area (Å²) in [5, 5.41) is 9.77. The number of hydrogen-bond donors (Lipinski definition) is 1. The molecule has 0 radical (unpaired) electrons. The third kappa shape index (κ3) is 2.79. The topological polar surface area (TPSA) is 53.4 Å². The second-order valence-electron chi connectivity index (χ2n) is 4.01. The number of thioether (sulfide) groups is 1. The van der Waals surface area contributed by atoms with Gasteiger partial charge in [0.1, 0.15) is 5.03 Å². The van der Waals surface area contributed by atoms with Crippen LogP contribution in [0, 0.1) is 0 Å². The number of pyridine rings is 1. The van der Waals surface area contributed by atoms with Crippen molar-refractivity contribution >= 4 is 17.7 Å². The van der Waals surface area contributed by atoms with Gasteiger partial charge in [0.25, 0.3) is 5.91 Å². The number of hydrogen-bond acceptors (Lipinski definition) is 4. The van der Waals surface area contributed by atoms with E-state index in [2.05, 4.69) is 4.98 Å². The van der Waals surface area contributed by atoms with E-state index in [-0.39, 0.29) is 12.5 Å². The number of aliphatic hydroxyl groups excluding tert-OH is 1. The van der Waals surface area contributed by atoms with Crippen LogP contribution in [0.1, 0.15) is 23.2 Å². The molecule has 1 amide bonds. The second-order valence-corrected chi connectivity index (χ2v) is 4.81. The van der Waals surface area contributed by atoms with Gasteiger partial charge in [-0.15, -0.1) is 11.8 Å². The quantitative estimate of drug-likeness (QED) is 0.805. The summed E-state index contributed by atoms with van der Waals surface area (Å²) in [4.78, 5) is 18.3. The van der Waals surface area contributed by atoms with Crippen molar-refractivity contribution in [1.82, 2.24) is 9.88 Å². The summed E-state index contributed by atoms with van der Waals surface area (Å²) >= 11 is 1.47. The number of carbonyl (C=O) groups excluding carboxylic acids is 1. The Morgan fingerprint density at radius 2 is 2.41 bits per heavy atom. The van der Waals surface area contributed by atoms with Crippen LogP contribution < -0.4 is 0 Å². The van der Waals surface area contributed by atoms with Crippen molar-refractivity contribution in [3.63, 3.8) is 0 Å². The predicted molar refractivity (Wildman–Crippen MR) is 67.2 cm³/mol. The molecule has 5 heteroatoms. The van der Waals surface area contributed by atoms with Crippen LogP contribution in [-0.4, -0.2) is 46.3 Å². The van der Waals surface area contributed by atoms with E-state index in [0.29, 0.717) is 18.2 Å². The number of rotatable bonds is 5. The number of nitrogens with zero attached hydrogens (tertiary/aromatic N) is 2. The molecule has 0 aromatic carbocycles. The van der Waals surface area contributed by atoms with Gasteiger partial charge in [-0.2, -0.15) is 0 Å². The van der Waals surface area contributed by atoms with Crippen LogP contribution in [0.3, 0.4) is 0 Å². The minimum Gasteiger partial charge on any atom is -0.395 e. The summed E-state index contributed by atoms with van der Waals surface area (Å²) in [7, 11) is 0. The Morgan fingerprint density at radius 3 is 3.00 bits per heavy atom. The highest BCUT2D eigenvalue weighted by atomic mass is 32.2. The van der Waals surface area contributed by atoms with E-state index in [9.17, 15) is 4.79 Å². The Kier molecular flexibility index (Phi) is 4.02. The summed E-state index contributed by atoms with van der Waals surface area (Å²) in [5.41, 5.74) is 0.639. The first-order valence-corrected chi connectivity index (χ1v) is 6.91. The molecule has 0 aliphatic heterocycles. The average molecular weight is 252 g/mol. The average Bonchev–Trinajstić information content (AvgIpc) is 3.19. The molecule has 1 aromatic heterocycles. The van der Waals surface area contributed by atoms with Crippen molar-refractivity contribution in [2.24, 2.45) is 0 Å². The molecule has 0 bridgehead atoms. The zero-order chi connectivity index (χ0) is 12.3. The molecule has 4 nitrogen and oxygen atoms in total. The fourth-order valence-corrected chi connectivity index (χ4v) is 2.36. The monoisotopic (exact) mass is 252 g/mol.